The van der Waals surface area contributed by atoms with E-state index in [1.807, 2.05) is 32.0 Å². The number of nitrogens with zero attached hydrogens (tertiary/aromatic N) is 1. The molecule has 2 N–H and O–H groups in total. The minimum Gasteiger partial charge on any atom is -0.484 e. The molecule has 29 heavy (non-hydrogen) atoms. The van der Waals surface area contributed by atoms with Crippen molar-refractivity contribution >= 4 is 17.5 Å². The third-order valence-corrected chi connectivity index (χ3v) is 5.16. The summed E-state index contributed by atoms with van der Waals surface area (Å²) in [7, 11) is 0. The quantitative estimate of drug-likeness (QED) is 0.766. The van der Waals surface area contributed by atoms with E-state index in [4.69, 9.17) is 4.74 Å². The Bertz CT molecular complexity index is 842. The van der Waals surface area contributed by atoms with Crippen molar-refractivity contribution in [3.05, 3.63) is 59.4 Å². The van der Waals surface area contributed by atoms with Gasteiger partial charge >= 0.3 is 0 Å². The predicted molar refractivity (Wildman–Crippen MR) is 109 cm³/mol. The van der Waals surface area contributed by atoms with Gasteiger partial charge in [0.05, 0.1) is 26.2 Å². The maximum Gasteiger partial charge on any atom is 0.279 e. The molecule has 2 amide bonds. The predicted octanol–water partition coefficient (Wildman–Crippen LogP) is 1.19. The molecule has 1 saturated heterocycles. The Hall–Kier alpha value is -2.93. The molecule has 0 aromatic heterocycles. The summed E-state index contributed by atoms with van der Waals surface area (Å²) in [6, 6.07) is 11.5. The molecular weight excluding hydrogens is 373 g/mol. The lowest BCUT2D eigenvalue weighted by Gasteiger charge is -2.31. The van der Waals surface area contributed by atoms with Gasteiger partial charge in [-0.1, -0.05) is 18.2 Å². The van der Waals surface area contributed by atoms with E-state index in [2.05, 4.69) is 5.32 Å². The summed E-state index contributed by atoms with van der Waals surface area (Å²) < 4.78 is 18.3. The molecule has 1 fully saturated rings. The Morgan fingerprint density at radius 2 is 1.69 bits per heavy atom. The summed E-state index contributed by atoms with van der Waals surface area (Å²) in [6.45, 7) is 6.85. The number of anilines is 1. The molecule has 0 bridgehead atoms. The van der Waals surface area contributed by atoms with E-state index in [-0.39, 0.29) is 24.2 Å². The monoisotopic (exact) mass is 400 g/mol. The summed E-state index contributed by atoms with van der Waals surface area (Å²) >= 11 is 0. The number of quaternary nitrogens is 1. The van der Waals surface area contributed by atoms with Gasteiger partial charge in [-0.2, -0.15) is 0 Å². The lowest BCUT2D eigenvalue weighted by atomic mass is 10.1. The largest absolute Gasteiger partial charge is 0.484 e. The number of aryl methyl sites for hydroxylation is 2. The van der Waals surface area contributed by atoms with Crippen LogP contribution < -0.4 is 15.0 Å². The number of halogens is 1. The van der Waals surface area contributed by atoms with Crippen molar-refractivity contribution in [2.24, 2.45) is 0 Å². The third-order valence-electron chi connectivity index (χ3n) is 5.16. The minimum atomic E-state index is -0.343. The molecule has 1 aliphatic rings. The SMILES string of the molecule is Cc1cccc(C)c1NC(=O)C[NH+]1CCN(C(=O)COc2ccc(F)cc2)CC1. The lowest BCUT2D eigenvalue weighted by Crippen LogP contribution is -3.15. The standard InChI is InChI=1S/C22H26FN3O3/c1-16-4-3-5-17(2)22(16)24-20(27)14-25-10-12-26(13-11-25)21(28)15-29-19-8-6-18(23)7-9-19/h3-9H,10-15H2,1-2H3,(H,24,27)/p+1. The summed E-state index contributed by atoms with van der Waals surface area (Å²) in [5.41, 5.74) is 2.97. The summed E-state index contributed by atoms with van der Waals surface area (Å²) in [6.07, 6.45) is 0. The second kappa shape index (κ2) is 9.52. The average molecular weight is 400 g/mol. The Kier molecular flexibility index (Phi) is 6.82. The van der Waals surface area contributed by atoms with Crippen molar-refractivity contribution in [3.63, 3.8) is 0 Å². The molecule has 0 saturated carbocycles. The fourth-order valence-corrected chi connectivity index (χ4v) is 3.44. The van der Waals surface area contributed by atoms with Gasteiger partial charge in [0.2, 0.25) is 0 Å². The van der Waals surface area contributed by atoms with Crippen LogP contribution in [0.2, 0.25) is 0 Å². The van der Waals surface area contributed by atoms with E-state index in [1.54, 1.807) is 4.90 Å². The molecule has 0 unspecified atom stereocenters. The normalized spacial score (nSPS) is 14.5. The first kappa shape index (κ1) is 20.8. The number of carbonyl (C=O) groups is 2. The topological polar surface area (TPSA) is 63.1 Å². The van der Waals surface area contributed by atoms with Crippen molar-refractivity contribution < 1.29 is 23.6 Å². The average Bonchev–Trinajstić information content (AvgIpc) is 2.71. The van der Waals surface area contributed by atoms with E-state index < -0.39 is 0 Å². The van der Waals surface area contributed by atoms with Crippen LogP contribution >= 0.6 is 0 Å². The van der Waals surface area contributed by atoms with E-state index >= 15 is 0 Å². The zero-order valence-corrected chi connectivity index (χ0v) is 16.8. The van der Waals surface area contributed by atoms with Crippen molar-refractivity contribution in [1.29, 1.82) is 0 Å². The van der Waals surface area contributed by atoms with E-state index in [0.29, 0.717) is 38.5 Å². The van der Waals surface area contributed by atoms with Gasteiger partial charge < -0.3 is 19.9 Å². The second-order valence-corrected chi connectivity index (χ2v) is 7.37. The van der Waals surface area contributed by atoms with Crippen molar-refractivity contribution in [2.75, 3.05) is 44.6 Å². The maximum atomic E-state index is 12.9. The number of hydrogen-bond acceptors (Lipinski definition) is 3. The van der Waals surface area contributed by atoms with Crippen LogP contribution in [0.15, 0.2) is 42.5 Å². The van der Waals surface area contributed by atoms with Gasteiger partial charge in [-0.15, -0.1) is 0 Å². The van der Waals surface area contributed by atoms with Crippen LogP contribution in [0.1, 0.15) is 11.1 Å². The van der Waals surface area contributed by atoms with E-state index in [9.17, 15) is 14.0 Å². The number of amides is 2. The Morgan fingerprint density at radius 1 is 1.07 bits per heavy atom. The molecule has 2 aromatic carbocycles. The molecular formula is C22H27FN3O3+. The van der Waals surface area contributed by atoms with Crippen LogP contribution in [0, 0.1) is 19.7 Å². The van der Waals surface area contributed by atoms with Gasteiger partial charge in [-0.3, -0.25) is 9.59 Å². The first-order valence-electron chi connectivity index (χ1n) is 9.78. The van der Waals surface area contributed by atoms with Crippen molar-refractivity contribution in [2.45, 2.75) is 13.8 Å². The fourth-order valence-electron chi connectivity index (χ4n) is 3.44. The molecule has 6 nitrogen and oxygen atoms in total. The second-order valence-electron chi connectivity index (χ2n) is 7.37. The first-order chi connectivity index (χ1) is 13.9. The number of para-hydroxylation sites is 1. The van der Waals surface area contributed by atoms with Crippen molar-refractivity contribution in [1.82, 2.24) is 4.90 Å². The van der Waals surface area contributed by atoms with Gasteiger partial charge in [0.15, 0.2) is 13.2 Å². The fraction of sp³-hybridized carbons (Fsp3) is 0.364. The number of carbonyl (C=O) groups excluding carboxylic acids is 2. The number of nitrogens with one attached hydrogen (secondary N) is 2. The number of benzene rings is 2. The zero-order chi connectivity index (χ0) is 20.8. The molecule has 0 aliphatic carbocycles. The first-order valence-corrected chi connectivity index (χ1v) is 9.78. The lowest BCUT2D eigenvalue weighted by molar-refractivity contribution is -0.895. The van der Waals surface area contributed by atoms with Gasteiger partial charge in [0.25, 0.3) is 11.8 Å². The molecule has 154 valence electrons. The van der Waals surface area contributed by atoms with Crippen LogP contribution in [-0.4, -0.2) is 56.0 Å². The molecule has 0 spiro atoms. The minimum absolute atomic E-state index is 0.0168. The third kappa shape index (κ3) is 5.77. The number of piperazine rings is 1. The molecule has 0 radical (unpaired) electrons. The number of hydrogen-bond donors (Lipinski definition) is 2. The van der Waals surface area contributed by atoms with Gasteiger partial charge in [0.1, 0.15) is 11.6 Å². The molecule has 0 atom stereocenters. The number of ether oxygens (including phenoxy) is 1. The van der Waals surface area contributed by atoms with Crippen LogP contribution in [0.25, 0.3) is 0 Å². The highest BCUT2D eigenvalue weighted by atomic mass is 19.1. The molecule has 2 aromatic rings. The van der Waals surface area contributed by atoms with Crippen LogP contribution in [0.3, 0.4) is 0 Å². The highest BCUT2D eigenvalue weighted by molar-refractivity contribution is 5.93. The summed E-state index contributed by atoms with van der Waals surface area (Å²) in [4.78, 5) is 27.6. The van der Waals surface area contributed by atoms with Crippen LogP contribution in [-0.2, 0) is 9.59 Å². The van der Waals surface area contributed by atoms with Gasteiger partial charge in [-0.05, 0) is 49.2 Å². The smallest absolute Gasteiger partial charge is 0.279 e. The summed E-state index contributed by atoms with van der Waals surface area (Å²) in [5.74, 6) is 0.00163. The number of rotatable bonds is 6. The van der Waals surface area contributed by atoms with E-state index in [0.717, 1.165) is 21.7 Å². The Morgan fingerprint density at radius 3 is 2.31 bits per heavy atom. The van der Waals surface area contributed by atoms with Crippen molar-refractivity contribution in [3.8, 4) is 5.75 Å². The van der Waals surface area contributed by atoms with E-state index in [1.165, 1.54) is 24.3 Å². The van der Waals surface area contributed by atoms with Crippen LogP contribution in [0.5, 0.6) is 5.75 Å². The molecule has 3 rings (SSSR count). The maximum absolute atomic E-state index is 12.9. The molecule has 1 heterocycles. The Labute approximate surface area is 170 Å². The summed E-state index contributed by atoms with van der Waals surface area (Å²) in [5, 5.41) is 3.02. The Balaban J connectivity index is 1.42. The zero-order valence-electron chi connectivity index (χ0n) is 16.8. The highest BCUT2D eigenvalue weighted by Gasteiger charge is 2.25. The molecule has 7 heteroatoms. The highest BCUT2D eigenvalue weighted by Crippen LogP contribution is 2.18. The molecule has 1 aliphatic heterocycles. The van der Waals surface area contributed by atoms with Gasteiger partial charge in [0, 0.05) is 5.69 Å². The van der Waals surface area contributed by atoms with Crippen LogP contribution in [0.4, 0.5) is 10.1 Å². The van der Waals surface area contributed by atoms with Gasteiger partial charge in [-0.25, -0.2) is 4.39 Å².